The van der Waals surface area contributed by atoms with Crippen LogP contribution in [0, 0.1) is 6.92 Å². The third-order valence-corrected chi connectivity index (χ3v) is 4.35. The minimum absolute atomic E-state index is 0.162. The molecular formula is C17H24N4O2. The quantitative estimate of drug-likeness (QED) is 0.855. The highest BCUT2D eigenvalue weighted by molar-refractivity contribution is 6.06. The van der Waals surface area contributed by atoms with Gasteiger partial charge in [-0.3, -0.25) is 9.48 Å². The van der Waals surface area contributed by atoms with E-state index >= 15 is 0 Å². The molecule has 2 N–H and O–H groups in total. The largest absolute Gasteiger partial charge is 0.391 e. The van der Waals surface area contributed by atoms with Crippen LogP contribution in [0.1, 0.15) is 60.3 Å². The van der Waals surface area contributed by atoms with Crippen LogP contribution < -0.4 is 5.32 Å². The topological polar surface area (TPSA) is 80.0 Å². The summed E-state index contributed by atoms with van der Waals surface area (Å²) in [6, 6.07) is 1.90. The van der Waals surface area contributed by atoms with Crippen LogP contribution in [0.3, 0.4) is 0 Å². The van der Waals surface area contributed by atoms with Crippen LogP contribution in [-0.4, -0.2) is 38.4 Å². The van der Waals surface area contributed by atoms with E-state index in [2.05, 4.69) is 10.4 Å². The summed E-state index contributed by atoms with van der Waals surface area (Å²) in [4.78, 5) is 17.3. The van der Waals surface area contributed by atoms with Crippen LogP contribution in [-0.2, 0) is 7.05 Å². The van der Waals surface area contributed by atoms with Gasteiger partial charge in [0.15, 0.2) is 5.65 Å². The molecule has 6 heteroatoms. The molecule has 2 aromatic rings. The van der Waals surface area contributed by atoms with Gasteiger partial charge in [0.05, 0.1) is 22.7 Å². The van der Waals surface area contributed by atoms with Gasteiger partial charge in [-0.05, 0) is 32.3 Å². The Morgan fingerprint density at radius 2 is 2.26 bits per heavy atom. The Labute approximate surface area is 135 Å². The highest BCUT2D eigenvalue weighted by Gasteiger charge is 2.28. The molecule has 124 valence electrons. The van der Waals surface area contributed by atoms with Gasteiger partial charge in [-0.2, -0.15) is 5.10 Å². The van der Waals surface area contributed by atoms with Crippen LogP contribution >= 0.6 is 0 Å². The molecule has 1 amide bonds. The maximum Gasteiger partial charge on any atom is 0.252 e. The van der Waals surface area contributed by atoms with Crippen molar-refractivity contribution in [2.45, 2.75) is 51.6 Å². The summed E-state index contributed by atoms with van der Waals surface area (Å²) in [5.74, 6) is 0.303. The van der Waals surface area contributed by atoms with Crippen molar-refractivity contribution in [3.05, 3.63) is 23.0 Å². The number of hydrogen-bond acceptors (Lipinski definition) is 4. The molecular weight excluding hydrogens is 292 g/mol. The van der Waals surface area contributed by atoms with Gasteiger partial charge in [0, 0.05) is 25.2 Å². The van der Waals surface area contributed by atoms with Crippen molar-refractivity contribution in [3.8, 4) is 0 Å². The molecule has 3 rings (SSSR count). The lowest BCUT2D eigenvalue weighted by Crippen LogP contribution is -2.32. The number of aliphatic hydroxyl groups is 1. The Morgan fingerprint density at radius 3 is 2.91 bits per heavy atom. The van der Waals surface area contributed by atoms with E-state index in [1.165, 1.54) is 0 Å². The third-order valence-electron chi connectivity index (χ3n) is 4.35. The Morgan fingerprint density at radius 1 is 1.52 bits per heavy atom. The number of rotatable bonds is 6. The number of pyridine rings is 1. The molecule has 0 saturated heterocycles. The average molecular weight is 316 g/mol. The minimum atomic E-state index is -0.501. The number of aliphatic hydroxyl groups excluding tert-OH is 1. The lowest BCUT2D eigenvalue weighted by Gasteiger charge is -2.12. The molecule has 1 fully saturated rings. The first-order valence-electron chi connectivity index (χ1n) is 8.31. The van der Waals surface area contributed by atoms with E-state index in [1.807, 2.05) is 27.0 Å². The van der Waals surface area contributed by atoms with E-state index in [-0.39, 0.29) is 12.5 Å². The zero-order valence-corrected chi connectivity index (χ0v) is 14.0. The number of aryl methyl sites for hydroxylation is 2. The summed E-state index contributed by atoms with van der Waals surface area (Å²) in [5.41, 5.74) is 3.15. The van der Waals surface area contributed by atoms with Gasteiger partial charge in [0.2, 0.25) is 0 Å². The standard InChI is InChI=1S/C17H24N4O2/c1-4-5-12(22)9-18-17(23)13-8-14(11-6-7-11)19-16-15(13)10(2)20-21(16)3/h8,11-12,22H,4-7,9H2,1-3H3,(H,18,23). The van der Waals surface area contributed by atoms with Gasteiger partial charge < -0.3 is 10.4 Å². The van der Waals surface area contributed by atoms with E-state index in [4.69, 9.17) is 4.98 Å². The van der Waals surface area contributed by atoms with Crippen molar-refractivity contribution in [2.24, 2.45) is 7.05 Å². The lowest BCUT2D eigenvalue weighted by molar-refractivity contribution is 0.0911. The molecule has 23 heavy (non-hydrogen) atoms. The van der Waals surface area contributed by atoms with E-state index in [9.17, 15) is 9.90 Å². The van der Waals surface area contributed by atoms with Gasteiger partial charge >= 0.3 is 0 Å². The van der Waals surface area contributed by atoms with Gasteiger partial charge in [0.1, 0.15) is 0 Å². The minimum Gasteiger partial charge on any atom is -0.391 e. The molecule has 2 aromatic heterocycles. The Balaban J connectivity index is 1.93. The second-order valence-corrected chi connectivity index (χ2v) is 6.43. The number of nitrogens with zero attached hydrogens (tertiary/aromatic N) is 3. The fourth-order valence-electron chi connectivity index (χ4n) is 2.97. The number of carbonyl (C=O) groups is 1. The number of amides is 1. The van der Waals surface area contributed by atoms with Crippen molar-refractivity contribution in [1.29, 1.82) is 0 Å². The molecule has 1 atom stereocenters. The van der Waals surface area contributed by atoms with E-state index in [0.29, 0.717) is 17.9 Å². The number of carbonyl (C=O) groups excluding carboxylic acids is 1. The van der Waals surface area contributed by atoms with Crippen molar-refractivity contribution >= 4 is 16.9 Å². The van der Waals surface area contributed by atoms with Crippen molar-refractivity contribution in [1.82, 2.24) is 20.1 Å². The first-order valence-corrected chi connectivity index (χ1v) is 8.31. The van der Waals surface area contributed by atoms with Crippen LogP contribution in [0.2, 0.25) is 0 Å². The molecule has 1 saturated carbocycles. The summed E-state index contributed by atoms with van der Waals surface area (Å²) in [6.07, 6.45) is 3.34. The van der Waals surface area contributed by atoms with Crippen LogP contribution in [0.5, 0.6) is 0 Å². The molecule has 1 unspecified atom stereocenters. The Hall–Kier alpha value is -1.95. The summed E-state index contributed by atoms with van der Waals surface area (Å²) in [6.45, 7) is 4.18. The van der Waals surface area contributed by atoms with Crippen molar-refractivity contribution in [3.63, 3.8) is 0 Å². The summed E-state index contributed by atoms with van der Waals surface area (Å²) >= 11 is 0. The summed E-state index contributed by atoms with van der Waals surface area (Å²) < 4.78 is 1.74. The fraction of sp³-hybridized carbons (Fsp3) is 0.588. The molecule has 1 aliphatic carbocycles. The van der Waals surface area contributed by atoms with Gasteiger partial charge in [-0.1, -0.05) is 13.3 Å². The lowest BCUT2D eigenvalue weighted by atomic mass is 10.1. The molecule has 0 aliphatic heterocycles. The smallest absolute Gasteiger partial charge is 0.252 e. The molecule has 0 radical (unpaired) electrons. The van der Waals surface area contributed by atoms with E-state index < -0.39 is 6.10 Å². The van der Waals surface area contributed by atoms with Crippen molar-refractivity contribution in [2.75, 3.05) is 6.54 Å². The van der Waals surface area contributed by atoms with Crippen LogP contribution in [0.25, 0.3) is 11.0 Å². The zero-order valence-electron chi connectivity index (χ0n) is 14.0. The zero-order chi connectivity index (χ0) is 16.6. The number of nitrogens with one attached hydrogen (secondary N) is 1. The molecule has 1 aliphatic rings. The summed E-state index contributed by atoms with van der Waals surface area (Å²) in [7, 11) is 1.85. The molecule has 0 bridgehead atoms. The predicted molar refractivity (Wildman–Crippen MR) is 88.5 cm³/mol. The second kappa shape index (κ2) is 6.28. The van der Waals surface area contributed by atoms with Gasteiger partial charge in [-0.15, -0.1) is 0 Å². The summed E-state index contributed by atoms with van der Waals surface area (Å²) in [5, 5.41) is 17.9. The van der Waals surface area contributed by atoms with Gasteiger partial charge in [0.25, 0.3) is 5.91 Å². The monoisotopic (exact) mass is 316 g/mol. The van der Waals surface area contributed by atoms with Crippen LogP contribution in [0.15, 0.2) is 6.07 Å². The molecule has 0 aromatic carbocycles. The van der Waals surface area contributed by atoms with E-state index in [1.54, 1.807) is 4.68 Å². The molecule has 0 spiro atoms. The van der Waals surface area contributed by atoms with Crippen molar-refractivity contribution < 1.29 is 9.90 Å². The number of aromatic nitrogens is 3. The first kappa shape index (κ1) is 15.9. The maximum absolute atomic E-state index is 12.6. The normalized spacial score (nSPS) is 15.8. The molecule has 2 heterocycles. The van der Waals surface area contributed by atoms with Crippen LogP contribution in [0.4, 0.5) is 0 Å². The predicted octanol–water partition coefficient (Wildman–Crippen LogP) is 2.04. The fourth-order valence-corrected chi connectivity index (χ4v) is 2.97. The van der Waals surface area contributed by atoms with Gasteiger partial charge in [-0.25, -0.2) is 4.98 Å². The first-order chi connectivity index (χ1) is 11.0. The average Bonchev–Trinajstić information content (AvgIpc) is 3.32. The maximum atomic E-state index is 12.6. The van der Waals surface area contributed by atoms with E-state index in [0.717, 1.165) is 41.7 Å². The Bertz CT molecular complexity index is 734. The highest BCUT2D eigenvalue weighted by Crippen LogP contribution is 2.40. The highest BCUT2D eigenvalue weighted by atomic mass is 16.3. The second-order valence-electron chi connectivity index (χ2n) is 6.43. The Kier molecular flexibility index (Phi) is 4.35. The number of fused-ring (bicyclic) bond motifs is 1. The number of hydrogen-bond donors (Lipinski definition) is 2. The molecule has 6 nitrogen and oxygen atoms in total. The third kappa shape index (κ3) is 3.22. The SMILES string of the molecule is CCCC(O)CNC(=O)c1cc(C2CC2)nc2c1c(C)nn2C.